The van der Waals surface area contributed by atoms with Crippen LogP contribution in [-0.4, -0.2) is 69.8 Å². The predicted octanol–water partition coefficient (Wildman–Crippen LogP) is 5.27. The number of alkyl halides is 3. The molecule has 13 heteroatoms. The number of nitrogens with zero attached hydrogens (tertiary/aromatic N) is 5. The van der Waals surface area contributed by atoms with Gasteiger partial charge in [-0.2, -0.15) is 18.4 Å². The van der Waals surface area contributed by atoms with Gasteiger partial charge in [-0.3, -0.25) is 9.69 Å². The number of benzene rings is 1. The van der Waals surface area contributed by atoms with E-state index in [2.05, 4.69) is 60.5 Å². The SMILES string of the molecule is CNCC(=O)NC12CC(Cn3c(C#N)cc4c(C)c(CN5CCC(Nc6ncnc7sc(CC(F)(F)F)cc67)CC5)ccc43)(C1)C2. The molecule has 0 radical (unpaired) electrons. The molecule has 4 fully saturated rings. The summed E-state index contributed by atoms with van der Waals surface area (Å²) in [6, 6.07) is 10.5. The fourth-order valence-corrected chi connectivity index (χ4v) is 9.09. The Morgan fingerprint density at radius 1 is 1.15 bits per heavy atom. The zero-order chi connectivity index (χ0) is 32.3. The molecule has 4 heterocycles. The van der Waals surface area contributed by atoms with Crippen molar-refractivity contribution < 1.29 is 18.0 Å². The van der Waals surface area contributed by atoms with Gasteiger partial charge in [0.15, 0.2) is 0 Å². The summed E-state index contributed by atoms with van der Waals surface area (Å²) in [5.41, 5.74) is 4.27. The number of halogens is 3. The van der Waals surface area contributed by atoms with Crippen LogP contribution in [0.15, 0.2) is 30.6 Å². The number of amides is 1. The number of aryl methyl sites for hydroxylation is 1. The lowest BCUT2D eigenvalue weighted by Crippen LogP contribution is -2.76. The van der Waals surface area contributed by atoms with Crippen LogP contribution in [0.25, 0.3) is 21.1 Å². The first-order valence-electron chi connectivity index (χ1n) is 15.7. The van der Waals surface area contributed by atoms with Gasteiger partial charge >= 0.3 is 6.18 Å². The lowest BCUT2D eigenvalue weighted by molar-refractivity contribution is -0.171. The monoisotopic (exact) mass is 650 g/mol. The lowest BCUT2D eigenvalue weighted by atomic mass is 9.39. The normalized spacial score (nSPS) is 23.2. The van der Waals surface area contributed by atoms with Crippen LogP contribution in [0.4, 0.5) is 19.0 Å². The van der Waals surface area contributed by atoms with E-state index in [4.69, 9.17) is 0 Å². The summed E-state index contributed by atoms with van der Waals surface area (Å²) >= 11 is 1.06. The van der Waals surface area contributed by atoms with Crippen LogP contribution < -0.4 is 16.0 Å². The summed E-state index contributed by atoms with van der Waals surface area (Å²) in [5, 5.41) is 21.3. The minimum atomic E-state index is -4.26. The molecule has 3 aromatic heterocycles. The van der Waals surface area contributed by atoms with Gasteiger partial charge in [0.05, 0.1) is 18.4 Å². The summed E-state index contributed by atoms with van der Waals surface area (Å²) in [4.78, 5) is 23.9. The summed E-state index contributed by atoms with van der Waals surface area (Å²) in [6.07, 6.45) is 0.838. The van der Waals surface area contributed by atoms with Crippen molar-refractivity contribution in [2.24, 2.45) is 5.41 Å². The number of fused-ring (bicyclic) bond motifs is 2. The average Bonchev–Trinajstić information content (AvgIpc) is 3.54. The van der Waals surface area contributed by atoms with E-state index in [0.717, 1.165) is 80.5 Å². The molecule has 0 spiro atoms. The smallest absolute Gasteiger partial charge is 0.367 e. The average molecular weight is 651 g/mol. The van der Waals surface area contributed by atoms with Gasteiger partial charge in [-0.15, -0.1) is 11.3 Å². The fraction of sp³-hybridized carbons (Fsp3) is 0.515. The Kier molecular flexibility index (Phi) is 7.73. The molecule has 3 aliphatic carbocycles. The zero-order valence-corrected chi connectivity index (χ0v) is 26.7. The molecule has 3 saturated carbocycles. The Hall–Kier alpha value is -3.73. The van der Waals surface area contributed by atoms with Crippen molar-refractivity contribution in [2.75, 3.05) is 32.0 Å². The Balaban J connectivity index is 0.980. The zero-order valence-electron chi connectivity index (χ0n) is 25.9. The number of anilines is 1. The van der Waals surface area contributed by atoms with Crippen molar-refractivity contribution in [3.8, 4) is 6.07 Å². The highest BCUT2D eigenvalue weighted by molar-refractivity contribution is 7.18. The number of likely N-dealkylation sites (N-methyl/N-ethyl adjacent to an activating group) is 1. The van der Waals surface area contributed by atoms with Gasteiger partial charge in [0.25, 0.3) is 0 Å². The van der Waals surface area contributed by atoms with Gasteiger partial charge in [-0.25, -0.2) is 9.97 Å². The van der Waals surface area contributed by atoms with E-state index in [9.17, 15) is 23.2 Å². The summed E-state index contributed by atoms with van der Waals surface area (Å²) in [5.74, 6) is 0.635. The number of thiophene rings is 1. The van der Waals surface area contributed by atoms with Crippen LogP contribution in [0.5, 0.6) is 0 Å². The number of hydrogen-bond donors (Lipinski definition) is 3. The van der Waals surface area contributed by atoms with Crippen molar-refractivity contribution in [3.05, 3.63) is 52.3 Å². The Labute approximate surface area is 269 Å². The van der Waals surface area contributed by atoms with E-state index in [1.165, 1.54) is 17.5 Å². The van der Waals surface area contributed by atoms with Gasteiger partial charge in [-0.1, -0.05) is 6.07 Å². The molecule has 46 heavy (non-hydrogen) atoms. The second-order valence-corrected chi connectivity index (χ2v) is 14.7. The quantitative estimate of drug-likeness (QED) is 0.215. The van der Waals surface area contributed by atoms with Gasteiger partial charge in [0.2, 0.25) is 5.91 Å². The van der Waals surface area contributed by atoms with Gasteiger partial charge in [0, 0.05) is 53.5 Å². The van der Waals surface area contributed by atoms with Crippen molar-refractivity contribution in [2.45, 2.75) is 76.3 Å². The van der Waals surface area contributed by atoms with Crippen LogP contribution in [0, 0.1) is 23.7 Å². The number of aromatic nitrogens is 3. The molecule has 0 atom stereocenters. The second-order valence-electron chi connectivity index (χ2n) is 13.5. The highest BCUT2D eigenvalue weighted by Crippen LogP contribution is 2.68. The van der Waals surface area contributed by atoms with Gasteiger partial charge < -0.3 is 20.5 Å². The number of carbonyl (C=O) groups excluding carboxylic acids is 1. The third-order valence-corrected chi connectivity index (χ3v) is 11.1. The molecule has 3 N–H and O–H groups in total. The first-order chi connectivity index (χ1) is 22.0. The Bertz CT molecular complexity index is 1830. The first-order valence-corrected chi connectivity index (χ1v) is 16.6. The highest BCUT2D eigenvalue weighted by atomic mass is 32.1. The van der Waals surface area contributed by atoms with E-state index < -0.39 is 12.6 Å². The maximum Gasteiger partial charge on any atom is 0.393 e. The van der Waals surface area contributed by atoms with Crippen molar-refractivity contribution in [1.82, 2.24) is 30.1 Å². The third kappa shape index (κ3) is 5.82. The largest absolute Gasteiger partial charge is 0.393 e. The summed E-state index contributed by atoms with van der Waals surface area (Å²) in [6.45, 7) is 5.82. The first kappa shape index (κ1) is 30.9. The minimum absolute atomic E-state index is 0.0375. The van der Waals surface area contributed by atoms with Gasteiger partial charge in [0.1, 0.15) is 28.7 Å². The molecule has 1 amide bonds. The topological polar surface area (TPSA) is 111 Å². The molecule has 2 bridgehead atoms. The molecule has 8 rings (SSSR count). The molecule has 1 aliphatic heterocycles. The predicted molar refractivity (Wildman–Crippen MR) is 172 cm³/mol. The van der Waals surface area contributed by atoms with Crippen molar-refractivity contribution in [1.29, 1.82) is 5.26 Å². The number of nitrogens with one attached hydrogen (secondary N) is 3. The van der Waals surface area contributed by atoms with Crippen molar-refractivity contribution in [3.63, 3.8) is 0 Å². The van der Waals surface area contributed by atoms with Crippen LogP contribution >= 0.6 is 11.3 Å². The molecular formula is C33H37F3N8OS. The van der Waals surface area contributed by atoms with E-state index in [1.54, 1.807) is 13.1 Å². The summed E-state index contributed by atoms with van der Waals surface area (Å²) in [7, 11) is 1.77. The molecule has 242 valence electrons. The number of rotatable bonds is 10. The van der Waals surface area contributed by atoms with E-state index in [0.29, 0.717) is 28.3 Å². The molecular weight excluding hydrogens is 613 g/mol. The Morgan fingerprint density at radius 2 is 1.91 bits per heavy atom. The van der Waals surface area contributed by atoms with E-state index >= 15 is 0 Å². The van der Waals surface area contributed by atoms with Crippen molar-refractivity contribution >= 4 is 44.2 Å². The molecule has 4 aliphatic rings. The number of hydrogen-bond acceptors (Lipinski definition) is 8. The van der Waals surface area contributed by atoms with Crippen LogP contribution in [0.2, 0.25) is 0 Å². The molecule has 1 saturated heterocycles. The summed E-state index contributed by atoms with van der Waals surface area (Å²) < 4.78 is 41.0. The lowest BCUT2D eigenvalue weighted by Gasteiger charge is -2.70. The van der Waals surface area contributed by atoms with E-state index in [-0.39, 0.29) is 27.8 Å². The maximum absolute atomic E-state index is 12.9. The van der Waals surface area contributed by atoms with Gasteiger partial charge in [-0.05, 0) is 80.8 Å². The Morgan fingerprint density at radius 3 is 2.61 bits per heavy atom. The highest BCUT2D eigenvalue weighted by Gasteiger charge is 2.68. The minimum Gasteiger partial charge on any atom is -0.367 e. The van der Waals surface area contributed by atoms with Crippen LogP contribution in [0.3, 0.4) is 0 Å². The third-order valence-electron chi connectivity index (χ3n) is 10.0. The molecule has 1 aromatic carbocycles. The van der Waals surface area contributed by atoms with Crippen LogP contribution in [-0.2, 0) is 24.3 Å². The number of carbonyl (C=O) groups is 1. The van der Waals surface area contributed by atoms with Crippen LogP contribution in [0.1, 0.15) is 53.8 Å². The fourth-order valence-electron chi connectivity index (χ4n) is 8.06. The second kappa shape index (κ2) is 11.5. The number of nitriles is 1. The molecule has 0 unspecified atom stereocenters. The maximum atomic E-state index is 12.9. The number of piperidine rings is 1. The molecule has 9 nitrogen and oxygen atoms in total. The number of likely N-dealkylation sites (tertiary alicyclic amines) is 1. The molecule has 4 aromatic rings. The van der Waals surface area contributed by atoms with E-state index in [1.807, 2.05) is 6.07 Å². The standard InChI is InChI=1S/C33H37F3N8OS/c1-20-21(3-4-27-25(20)9-23(12-37)44(27)18-31-15-32(16-31,17-31)42-28(45)13-38-2)14-43-7-5-22(6-8-43)41-29-26-10-24(11-33(34,35)36)46-30(26)40-19-39-29/h3-4,9-10,19,22,38H,5-8,11,13-18H2,1-2H3,(H,42,45)(H,39,40,41).